The van der Waals surface area contributed by atoms with Gasteiger partial charge in [-0.3, -0.25) is 0 Å². The van der Waals surface area contributed by atoms with Gasteiger partial charge in [0, 0.05) is 0 Å². The Morgan fingerprint density at radius 3 is 2.30 bits per heavy atom. The predicted octanol–water partition coefficient (Wildman–Crippen LogP) is 7.24. The molecule has 0 spiro atoms. The lowest BCUT2D eigenvalue weighted by Crippen LogP contribution is -2.03. The van der Waals surface area contributed by atoms with Crippen molar-refractivity contribution in [3.8, 4) is 11.1 Å². The van der Waals surface area contributed by atoms with Crippen LogP contribution < -0.4 is 0 Å². The van der Waals surface area contributed by atoms with Crippen molar-refractivity contribution >= 4 is 28.4 Å². The van der Waals surface area contributed by atoms with Crippen molar-refractivity contribution in [1.29, 1.82) is 0 Å². The molecule has 0 aliphatic rings. The third-order valence-electron chi connectivity index (χ3n) is 5.23. The van der Waals surface area contributed by atoms with Crippen LogP contribution in [0.2, 0.25) is 0 Å². The first-order valence-electron chi connectivity index (χ1n) is 10.2. The number of rotatable bonds is 5. The Morgan fingerprint density at radius 1 is 0.833 bits per heavy atom. The number of allylic oxidation sites excluding steroid dienone is 1. The maximum Gasteiger partial charge on any atom is 0.338 e. The molecule has 4 aromatic rings. The number of carbonyl (C=O) groups excluding carboxylic acids is 1. The van der Waals surface area contributed by atoms with Crippen molar-refractivity contribution in [2.75, 3.05) is 6.61 Å². The summed E-state index contributed by atoms with van der Waals surface area (Å²) in [4.78, 5) is 11.8. The van der Waals surface area contributed by atoms with Crippen LogP contribution >= 0.6 is 0 Å². The molecule has 0 unspecified atom stereocenters. The highest BCUT2D eigenvalue weighted by molar-refractivity contribution is 5.99. The van der Waals surface area contributed by atoms with E-state index in [0.29, 0.717) is 12.2 Å². The predicted molar refractivity (Wildman–Crippen MR) is 125 cm³/mol. The second-order valence-corrected chi connectivity index (χ2v) is 7.28. The maximum absolute atomic E-state index is 11.8. The van der Waals surface area contributed by atoms with E-state index in [1.807, 2.05) is 37.3 Å². The Labute approximate surface area is 177 Å². The second kappa shape index (κ2) is 8.79. The number of benzene rings is 4. The lowest BCUT2D eigenvalue weighted by Gasteiger charge is -2.10. The Kier molecular flexibility index (Phi) is 5.76. The summed E-state index contributed by atoms with van der Waals surface area (Å²) in [6.45, 7) is 4.31. The minimum atomic E-state index is -0.285. The van der Waals surface area contributed by atoms with E-state index in [4.69, 9.17) is 4.74 Å². The molecule has 4 rings (SSSR count). The van der Waals surface area contributed by atoms with E-state index in [2.05, 4.69) is 73.7 Å². The van der Waals surface area contributed by atoms with Crippen LogP contribution in [0.1, 0.15) is 35.3 Å². The molecule has 148 valence electrons. The lowest BCUT2D eigenvalue weighted by atomic mass is 9.94. The van der Waals surface area contributed by atoms with E-state index in [0.717, 1.165) is 5.56 Å². The van der Waals surface area contributed by atoms with Crippen LogP contribution in [0.25, 0.3) is 33.5 Å². The molecule has 30 heavy (non-hydrogen) atoms. The molecule has 0 amide bonds. The van der Waals surface area contributed by atoms with Gasteiger partial charge in [-0.05, 0) is 70.6 Å². The highest BCUT2D eigenvalue weighted by Crippen LogP contribution is 2.31. The SMILES string of the molecule is CCOC(=O)c1ccc(C=C(C)c2ccc3cccc(-c4ccccc4)c3c2)cc1. The Hall–Kier alpha value is -3.65. The second-order valence-electron chi connectivity index (χ2n) is 7.28. The maximum atomic E-state index is 11.8. The molecule has 0 radical (unpaired) electrons. The van der Waals surface area contributed by atoms with Crippen molar-refractivity contribution < 1.29 is 9.53 Å². The van der Waals surface area contributed by atoms with Gasteiger partial charge in [-0.1, -0.05) is 78.9 Å². The van der Waals surface area contributed by atoms with E-state index in [-0.39, 0.29) is 5.97 Å². The summed E-state index contributed by atoms with van der Waals surface area (Å²) in [7, 11) is 0. The van der Waals surface area contributed by atoms with E-state index in [1.165, 1.54) is 33.0 Å². The molecule has 0 aromatic heterocycles. The molecular formula is C28H24O2. The molecule has 0 aliphatic carbocycles. The summed E-state index contributed by atoms with van der Waals surface area (Å²) >= 11 is 0. The molecule has 2 nitrogen and oxygen atoms in total. The van der Waals surface area contributed by atoms with Crippen molar-refractivity contribution in [3.05, 3.63) is 108 Å². The summed E-state index contributed by atoms with van der Waals surface area (Å²) in [5.74, 6) is -0.285. The first-order valence-corrected chi connectivity index (χ1v) is 10.2. The Bertz CT molecular complexity index is 1200. The lowest BCUT2D eigenvalue weighted by molar-refractivity contribution is 0.0526. The fourth-order valence-corrected chi connectivity index (χ4v) is 3.65. The average molecular weight is 392 g/mol. The summed E-state index contributed by atoms with van der Waals surface area (Å²) in [5.41, 5.74) is 6.43. The Morgan fingerprint density at radius 2 is 1.57 bits per heavy atom. The molecule has 0 saturated carbocycles. The average Bonchev–Trinajstić information content (AvgIpc) is 2.79. The van der Waals surface area contributed by atoms with Gasteiger partial charge in [0.25, 0.3) is 0 Å². The van der Waals surface area contributed by atoms with E-state index in [9.17, 15) is 4.79 Å². The van der Waals surface area contributed by atoms with Gasteiger partial charge in [0.2, 0.25) is 0 Å². The molecule has 0 atom stereocenters. The van der Waals surface area contributed by atoms with E-state index < -0.39 is 0 Å². The number of esters is 1. The molecule has 2 heteroatoms. The zero-order chi connectivity index (χ0) is 20.9. The van der Waals surface area contributed by atoms with E-state index in [1.54, 1.807) is 0 Å². The van der Waals surface area contributed by atoms with Crippen LogP contribution in [0.5, 0.6) is 0 Å². The van der Waals surface area contributed by atoms with Gasteiger partial charge < -0.3 is 4.74 Å². The van der Waals surface area contributed by atoms with Gasteiger partial charge in [-0.2, -0.15) is 0 Å². The van der Waals surface area contributed by atoms with Crippen LogP contribution in [0.3, 0.4) is 0 Å². The molecule has 0 saturated heterocycles. The zero-order valence-electron chi connectivity index (χ0n) is 17.3. The number of fused-ring (bicyclic) bond motifs is 1. The number of hydrogen-bond donors (Lipinski definition) is 0. The third kappa shape index (κ3) is 4.18. The molecule has 0 fully saturated rings. The number of ether oxygens (including phenoxy) is 1. The highest BCUT2D eigenvalue weighted by Gasteiger charge is 2.07. The van der Waals surface area contributed by atoms with E-state index >= 15 is 0 Å². The first kappa shape index (κ1) is 19.7. The third-order valence-corrected chi connectivity index (χ3v) is 5.23. The topological polar surface area (TPSA) is 26.3 Å². The van der Waals surface area contributed by atoms with Gasteiger partial charge in [0.1, 0.15) is 0 Å². The van der Waals surface area contributed by atoms with Crippen LogP contribution in [0.15, 0.2) is 91.0 Å². The van der Waals surface area contributed by atoms with Crippen molar-refractivity contribution in [2.24, 2.45) is 0 Å². The summed E-state index contributed by atoms with van der Waals surface area (Å²) in [6, 6.07) is 31.0. The van der Waals surface area contributed by atoms with Gasteiger partial charge in [0.05, 0.1) is 12.2 Å². The van der Waals surface area contributed by atoms with Crippen LogP contribution in [0, 0.1) is 0 Å². The number of hydrogen-bond acceptors (Lipinski definition) is 2. The van der Waals surface area contributed by atoms with Gasteiger partial charge in [-0.15, -0.1) is 0 Å². The largest absolute Gasteiger partial charge is 0.462 e. The van der Waals surface area contributed by atoms with Gasteiger partial charge in [0.15, 0.2) is 0 Å². The molecule has 0 N–H and O–H groups in total. The van der Waals surface area contributed by atoms with Crippen molar-refractivity contribution in [2.45, 2.75) is 13.8 Å². The minimum Gasteiger partial charge on any atom is -0.462 e. The number of carbonyl (C=O) groups is 1. The normalized spacial score (nSPS) is 11.5. The summed E-state index contributed by atoms with van der Waals surface area (Å²) < 4.78 is 5.05. The fraction of sp³-hybridized carbons (Fsp3) is 0.107. The van der Waals surface area contributed by atoms with Gasteiger partial charge in [-0.25, -0.2) is 4.79 Å². The summed E-state index contributed by atoms with van der Waals surface area (Å²) in [6.07, 6.45) is 2.14. The highest BCUT2D eigenvalue weighted by atomic mass is 16.5. The van der Waals surface area contributed by atoms with Crippen LogP contribution in [-0.4, -0.2) is 12.6 Å². The van der Waals surface area contributed by atoms with Crippen LogP contribution in [0.4, 0.5) is 0 Å². The quantitative estimate of drug-likeness (QED) is 0.264. The van der Waals surface area contributed by atoms with Crippen molar-refractivity contribution in [3.63, 3.8) is 0 Å². The summed E-state index contributed by atoms with van der Waals surface area (Å²) in [5, 5.41) is 2.47. The smallest absolute Gasteiger partial charge is 0.338 e. The fourth-order valence-electron chi connectivity index (χ4n) is 3.65. The minimum absolute atomic E-state index is 0.285. The molecule has 0 heterocycles. The zero-order valence-corrected chi connectivity index (χ0v) is 17.3. The molecular weight excluding hydrogens is 368 g/mol. The Balaban J connectivity index is 1.68. The van der Waals surface area contributed by atoms with Gasteiger partial charge >= 0.3 is 5.97 Å². The molecule has 0 aliphatic heterocycles. The first-order chi connectivity index (χ1) is 14.7. The monoisotopic (exact) mass is 392 g/mol. The van der Waals surface area contributed by atoms with Crippen LogP contribution in [-0.2, 0) is 4.74 Å². The van der Waals surface area contributed by atoms with Crippen molar-refractivity contribution in [1.82, 2.24) is 0 Å². The molecule has 0 bridgehead atoms. The molecule has 4 aromatic carbocycles. The standard InChI is InChI=1S/C28H24O2/c1-3-30-28(29)24-14-12-21(13-15-24)18-20(2)25-17-16-23-10-7-11-26(27(23)19-25)22-8-5-4-6-9-22/h4-19H,3H2,1-2H3.